The summed E-state index contributed by atoms with van der Waals surface area (Å²) in [7, 11) is 1.99. The van der Waals surface area contributed by atoms with E-state index in [9.17, 15) is 5.21 Å². The molecule has 21 heavy (non-hydrogen) atoms. The zero-order valence-corrected chi connectivity index (χ0v) is 14.0. The van der Waals surface area contributed by atoms with E-state index in [2.05, 4.69) is 26.9 Å². The van der Waals surface area contributed by atoms with Crippen LogP contribution in [0.1, 0.15) is 6.92 Å². The SMILES string of the molecule is CCSc1nnc([N+]2([O-])CN(C)CC2N2CCOCC2)s1. The lowest BCUT2D eigenvalue weighted by Crippen LogP contribution is -2.59. The van der Waals surface area contributed by atoms with E-state index in [4.69, 9.17) is 4.74 Å². The Morgan fingerprint density at radius 1 is 1.43 bits per heavy atom. The highest BCUT2D eigenvalue weighted by atomic mass is 32.2. The third-order valence-corrected chi connectivity index (χ3v) is 5.91. The lowest BCUT2D eigenvalue weighted by atomic mass is 10.3. The van der Waals surface area contributed by atoms with Crippen LogP contribution >= 0.6 is 23.1 Å². The number of nitrogens with zero attached hydrogens (tertiary/aromatic N) is 5. The number of hydroxylamine groups is 2. The molecule has 1 aromatic rings. The van der Waals surface area contributed by atoms with Gasteiger partial charge in [-0.2, -0.15) is 0 Å². The highest BCUT2D eigenvalue weighted by molar-refractivity contribution is 8.01. The summed E-state index contributed by atoms with van der Waals surface area (Å²) in [5.74, 6) is 0.945. The quantitative estimate of drug-likeness (QED) is 0.463. The molecule has 7 nitrogen and oxygen atoms in total. The highest BCUT2D eigenvalue weighted by Gasteiger charge is 2.46. The van der Waals surface area contributed by atoms with Crippen molar-refractivity contribution in [3.8, 4) is 0 Å². The number of rotatable bonds is 4. The molecule has 118 valence electrons. The Labute approximate surface area is 133 Å². The Morgan fingerprint density at radius 2 is 2.19 bits per heavy atom. The summed E-state index contributed by atoms with van der Waals surface area (Å²) < 4.78 is 5.88. The van der Waals surface area contributed by atoms with Gasteiger partial charge in [0.05, 0.1) is 19.8 Å². The maximum atomic E-state index is 13.5. The van der Waals surface area contributed by atoms with Crippen LogP contribution in [-0.4, -0.2) is 78.5 Å². The third kappa shape index (κ3) is 3.09. The number of ether oxygens (including phenoxy) is 1. The summed E-state index contributed by atoms with van der Waals surface area (Å²) in [5, 5.41) is 22.4. The summed E-state index contributed by atoms with van der Waals surface area (Å²) >= 11 is 3.08. The first-order valence-corrected chi connectivity index (χ1v) is 8.99. The molecule has 2 atom stereocenters. The Morgan fingerprint density at radius 3 is 2.90 bits per heavy atom. The smallest absolute Gasteiger partial charge is 0.309 e. The Balaban J connectivity index is 1.84. The van der Waals surface area contributed by atoms with E-state index < -0.39 is 4.65 Å². The first kappa shape index (κ1) is 15.6. The van der Waals surface area contributed by atoms with E-state index in [1.165, 1.54) is 11.3 Å². The predicted octanol–water partition coefficient (Wildman–Crippen LogP) is 1.02. The fourth-order valence-electron chi connectivity index (χ4n) is 2.90. The molecule has 2 saturated heterocycles. The molecule has 0 saturated carbocycles. The van der Waals surface area contributed by atoms with Crippen LogP contribution in [-0.2, 0) is 4.74 Å². The van der Waals surface area contributed by atoms with Crippen molar-refractivity contribution in [1.29, 1.82) is 0 Å². The van der Waals surface area contributed by atoms with Crippen LogP contribution in [0.25, 0.3) is 0 Å². The minimum atomic E-state index is -0.404. The Hall–Kier alpha value is -0.290. The molecule has 0 radical (unpaired) electrons. The fourth-order valence-corrected chi connectivity index (χ4v) is 4.71. The summed E-state index contributed by atoms with van der Waals surface area (Å²) in [6.07, 6.45) is -0.105. The molecule has 0 aliphatic carbocycles. The van der Waals surface area contributed by atoms with E-state index in [1.807, 2.05) is 7.05 Å². The van der Waals surface area contributed by atoms with Crippen molar-refractivity contribution in [2.24, 2.45) is 0 Å². The molecule has 0 bridgehead atoms. The van der Waals surface area contributed by atoms with Gasteiger partial charge in [0.25, 0.3) is 0 Å². The normalized spacial score (nSPS) is 31.9. The van der Waals surface area contributed by atoms with Gasteiger partial charge in [0, 0.05) is 13.1 Å². The van der Waals surface area contributed by atoms with Crippen molar-refractivity contribution < 1.29 is 4.74 Å². The van der Waals surface area contributed by atoms with Crippen molar-refractivity contribution in [3.05, 3.63) is 5.21 Å². The molecule has 2 aliphatic rings. The second kappa shape index (κ2) is 6.45. The molecule has 2 unspecified atom stereocenters. The molecule has 2 aliphatic heterocycles. The highest BCUT2D eigenvalue weighted by Crippen LogP contribution is 2.37. The van der Waals surface area contributed by atoms with Gasteiger partial charge < -0.3 is 9.94 Å². The maximum absolute atomic E-state index is 13.5. The van der Waals surface area contributed by atoms with Crippen molar-refractivity contribution >= 4 is 28.2 Å². The minimum Gasteiger partial charge on any atom is -0.623 e. The molecule has 1 aromatic heterocycles. The average Bonchev–Trinajstić information content (AvgIpc) is 3.06. The van der Waals surface area contributed by atoms with Crippen LogP contribution < -0.4 is 4.65 Å². The molecule has 3 heterocycles. The zero-order valence-electron chi connectivity index (χ0n) is 12.4. The molecule has 0 N–H and O–H groups in total. The third-order valence-electron chi connectivity index (χ3n) is 3.86. The summed E-state index contributed by atoms with van der Waals surface area (Å²) in [6, 6.07) is 0. The molecular formula is C12H21N5O2S2. The van der Waals surface area contributed by atoms with Gasteiger partial charge in [-0.25, -0.2) is 4.90 Å². The van der Waals surface area contributed by atoms with Crippen molar-refractivity contribution in [2.75, 3.05) is 52.3 Å². The zero-order chi connectivity index (χ0) is 14.9. The number of hydrogen-bond donors (Lipinski definition) is 0. The first-order valence-electron chi connectivity index (χ1n) is 7.19. The molecule has 0 amide bonds. The van der Waals surface area contributed by atoms with Crippen LogP contribution in [0.4, 0.5) is 5.13 Å². The van der Waals surface area contributed by atoms with E-state index >= 15 is 0 Å². The number of likely N-dealkylation sites (N-methyl/N-ethyl adjacent to an activating group) is 1. The summed E-state index contributed by atoms with van der Waals surface area (Å²) in [6.45, 7) is 6.31. The topological polar surface area (TPSA) is 64.6 Å². The van der Waals surface area contributed by atoms with Gasteiger partial charge >= 0.3 is 5.13 Å². The summed E-state index contributed by atoms with van der Waals surface area (Å²) in [5.41, 5.74) is 0. The lowest BCUT2D eigenvalue weighted by Gasteiger charge is -2.45. The van der Waals surface area contributed by atoms with Gasteiger partial charge in [0.15, 0.2) is 10.5 Å². The Bertz CT molecular complexity index is 482. The maximum Gasteiger partial charge on any atom is 0.309 e. The first-order chi connectivity index (χ1) is 10.1. The van der Waals surface area contributed by atoms with Gasteiger partial charge in [-0.15, -0.1) is 5.10 Å². The Kier molecular flexibility index (Phi) is 4.79. The van der Waals surface area contributed by atoms with Crippen LogP contribution in [0.3, 0.4) is 0 Å². The van der Waals surface area contributed by atoms with Crippen LogP contribution in [0.5, 0.6) is 0 Å². The largest absolute Gasteiger partial charge is 0.623 e. The molecule has 2 fully saturated rings. The minimum absolute atomic E-state index is 0.105. The van der Waals surface area contributed by atoms with Gasteiger partial charge in [-0.3, -0.25) is 9.55 Å². The van der Waals surface area contributed by atoms with Crippen molar-refractivity contribution in [1.82, 2.24) is 24.6 Å². The lowest BCUT2D eigenvalue weighted by molar-refractivity contribution is -0.00410. The number of morpholine rings is 1. The second-order valence-electron chi connectivity index (χ2n) is 5.39. The molecule has 3 rings (SSSR count). The van der Waals surface area contributed by atoms with E-state index in [0.717, 1.165) is 29.7 Å². The van der Waals surface area contributed by atoms with E-state index in [0.29, 0.717) is 25.0 Å². The molecular weight excluding hydrogens is 310 g/mol. The van der Waals surface area contributed by atoms with Gasteiger partial charge in [0.1, 0.15) is 6.67 Å². The van der Waals surface area contributed by atoms with E-state index in [1.54, 1.807) is 11.8 Å². The molecule has 9 heteroatoms. The molecule has 0 spiro atoms. The van der Waals surface area contributed by atoms with Gasteiger partial charge in [0.2, 0.25) is 0 Å². The number of aromatic nitrogens is 2. The standard InChI is InChI=1S/C12H21N5O2S2/c1-3-20-12-14-13-11(21-12)17(18)9-15(2)8-10(17)16-4-6-19-7-5-16/h10H,3-9H2,1-2H3. The fraction of sp³-hybridized carbons (Fsp3) is 0.833. The van der Waals surface area contributed by atoms with Crippen molar-refractivity contribution in [2.45, 2.75) is 17.4 Å². The number of thioether (sulfide) groups is 1. The molecule has 0 aromatic carbocycles. The van der Waals surface area contributed by atoms with Gasteiger partial charge in [-0.05, 0) is 24.1 Å². The number of quaternary nitrogens is 1. The average molecular weight is 331 g/mol. The van der Waals surface area contributed by atoms with E-state index in [-0.39, 0.29) is 6.17 Å². The van der Waals surface area contributed by atoms with Crippen molar-refractivity contribution in [3.63, 3.8) is 0 Å². The monoisotopic (exact) mass is 331 g/mol. The van der Waals surface area contributed by atoms with Crippen LogP contribution in [0, 0.1) is 5.21 Å². The van der Waals surface area contributed by atoms with Gasteiger partial charge in [-0.1, -0.05) is 23.8 Å². The van der Waals surface area contributed by atoms with Crippen LogP contribution in [0.15, 0.2) is 4.34 Å². The number of hydrogen-bond acceptors (Lipinski definition) is 8. The predicted molar refractivity (Wildman–Crippen MR) is 85.1 cm³/mol. The van der Waals surface area contributed by atoms with Crippen LogP contribution in [0.2, 0.25) is 0 Å². The summed E-state index contributed by atoms with van der Waals surface area (Å²) in [4.78, 5) is 4.33. The second-order valence-corrected chi connectivity index (χ2v) is 7.86.